The fraction of sp³-hybridized carbons (Fsp3) is 0.600. The normalized spacial score (nSPS) is 17.9. The maximum Gasteiger partial charge on any atom is 0.248 e. The molecule has 0 spiro atoms. The highest BCUT2D eigenvalue weighted by molar-refractivity contribution is 14.1. The van der Waals surface area contributed by atoms with Crippen molar-refractivity contribution in [3.63, 3.8) is 0 Å². The van der Waals surface area contributed by atoms with Crippen molar-refractivity contribution in [2.45, 2.75) is 133 Å². The molecule has 8 atom stereocenters. The van der Waals surface area contributed by atoms with E-state index in [1.54, 1.807) is 44.7 Å². The van der Waals surface area contributed by atoms with Crippen molar-refractivity contribution in [3.05, 3.63) is 71.8 Å². The van der Waals surface area contributed by atoms with E-state index in [4.69, 9.17) is 9.47 Å². The quantitative estimate of drug-likeness (QED) is 0.0469. The molecule has 4 N–H and O–H groups in total. The van der Waals surface area contributed by atoms with Crippen LogP contribution in [-0.4, -0.2) is 168 Å². The minimum absolute atomic E-state index is 0.0279. The zero-order valence-electron chi connectivity index (χ0n) is 43.9. The van der Waals surface area contributed by atoms with Crippen molar-refractivity contribution >= 4 is 58.0 Å². The van der Waals surface area contributed by atoms with Crippen LogP contribution < -0.4 is 21.3 Å². The highest BCUT2D eigenvalue weighted by Gasteiger charge is 2.40. The van der Waals surface area contributed by atoms with Gasteiger partial charge in [0.15, 0.2) is 0 Å². The highest BCUT2D eigenvalue weighted by Crippen LogP contribution is 2.24. The van der Waals surface area contributed by atoms with Gasteiger partial charge in [-0.05, 0) is 96.4 Å². The van der Waals surface area contributed by atoms with Crippen LogP contribution >= 0.6 is 22.6 Å². The van der Waals surface area contributed by atoms with Crippen LogP contribution in [0.5, 0.6) is 0 Å². The molecule has 0 radical (unpaired) electrons. The first-order valence-electron chi connectivity index (χ1n) is 25.5. The molecule has 2 heterocycles. The molecule has 16 nitrogen and oxygen atoms in total. The van der Waals surface area contributed by atoms with E-state index in [-0.39, 0.29) is 72.6 Å². The lowest BCUT2D eigenvalue weighted by Crippen LogP contribution is -2.59. The summed E-state index contributed by atoms with van der Waals surface area (Å²) in [4.78, 5) is 89.3. The molecule has 17 heteroatoms. The minimum Gasteiger partial charge on any atom is -0.363 e. The van der Waals surface area contributed by atoms with Crippen molar-refractivity contribution in [3.8, 4) is 23.7 Å². The van der Waals surface area contributed by atoms with Crippen LogP contribution in [0.25, 0.3) is 0 Å². The van der Waals surface area contributed by atoms with E-state index >= 15 is 0 Å². The summed E-state index contributed by atoms with van der Waals surface area (Å²) >= 11 is 1.97. The number of hydrogen-bond donors (Lipinski definition) is 4. The molecule has 0 aliphatic carbocycles. The van der Waals surface area contributed by atoms with Crippen LogP contribution in [0.4, 0.5) is 0 Å². The third-order valence-electron chi connectivity index (χ3n) is 13.3. The van der Waals surface area contributed by atoms with Gasteiger partial charge in [0, 0.05) is 63.2 Å². The van der Waals surface area contributed by atoms with Crippen molar-refractivity contribution in [2.24, 2.45) is 11.8 Å². The lowest BCUT2D eigenvalue weighted by molar-refractivity contribution is -0.143. The van der Waals surface area contributed by atoms with Gasteiger partial charge in [0.2, 0.25) is 35.4 Å². The van der Waals surface area contributed by atoms with E-state index in [0.717, 1.165) is 36.8 Å². The zero-order chi connectivity index (χ0) is 52.7. The monoisotopic (exact) mass is 1110 g/mol. The molecule has 2 aromatic rings. The highest BCUT2D eigenvalue weighted by atomic mass is 127. The molecule has 6 amide bonds. The number of hydrogen-bond acceptors (Lipinski definition) is 10. The van der Waals surface area contributed by atoms with Crippen LogP contribution in [0.1, 0.15) is 85.3 Å². The number of nitrogens with zero attached hydrogens (tertiary/aromatic N) is 4. The average molecular weight is 1110 g/mol. The molecule has 0 saturated carbocycles. The number of halogens is 1. The summed E-state index contributed by atoms with van der Waals surface area (Å²) in [7, 11) is 3.33. The van der Waals surface area contributed by atoms with Crippen LogP contribution in [0.3, 0.4) is 0 Å². The predicted octanol–water partition coefficient (Wildman–Crippen LogP) is 3.80. The predicted molar refractivity (Wildman–Crippen MR) is 288 cm³/mol. The average Bonchev–Trinajstić information content (AvgIpc) is 4.06. The molecular weight excluding hydrogens is 1030 g/mol. The number of amides is 6. The molecule has 72 heavy (non-hydrogen) atoms. The molecule has 2 aliphatic rings. The summed E-state index contributed by atoms with van der Waals surface area (Å²) in [5.74, 6) is 9.61. The van der Waals surface area contributed by atoms with E-state index in [0.29, 0.717) is 52.1 Å². The first-order chi connectivity index (χ1) is 34.5. The molecule has 4 rings (SSSR count). The van der Waals surface area contributed by atoms with Crippen LogP contribution in [0, 0.1) is 35.5 Å². The molecule has 0 bridgehead atoms. The Hall–Kier alpha value is -5.05. The molecule has 0 aromatic heterocycles. The van der Waals surface area contributed by atoms with E-state index in [9.17, 15) is 28.8 Å². The third kappa shape index (κ3) is 18.5. The van der Waals surface area contributed by atoms with Gasteiger partial charge in [-0.3, -0.25) is 28.8 Å². The fourth-order valence-electron chi connectivity index (χ4n) is 8.85. The second-order valence-corrected chi connectivity index (χ2v) is 20.5. The van der Waals surface area contributed by atoms with Gasteiger partial charge in [0.25, 0.3) is 0 Å². The molecule has 2 saturated heterocycles. The summed E-state index contributed by atoms with van der Waals surface area (Å²) in [6, 6.07) is 17.0. The van der Waals surface area contributed by atoms with E-state index in [1.807, 2.05) is 121 Å². The first-order valence-corrected chi connectivity index (χ1v) is 26.8. The number of nitrogens with one attached hydrogen (secondary N) is 4. The minimum atomic E-state index is -1.02. The number of benzene rings is 2. The fourth-order valence-corrected chi connectivity index (χ4v) is 9.03. The Bertz CT molecular complexity index is 2040. The van der Waals surface area contributed by atoms with E-state index in [1.165, 1.54) is 0 Å². The molecule has 2 aromatic carbocycles. The lowest BCUT2D eigenvalue weighted by atomic mass is 10.1. The Morgan fingerprint density at radius 1 is 0.625 bits per heavy atom. The Morgan fingerprint density at radius 2 is 1.03 bits per heavy atom. The van der Waals surface area contributed by atoms with Gasteiger partial charge < -0.3 is 50.3 Å². The van der Waals surface area contributed by atoms with E-state index < -0.39 is 34.4 Å². The Morgan fingerprint density at radius 3 is 1.40 bits per heavy atom. The summed E-state index contributed by atoms with van der Waals surface area (Å²) in [5.41, 5.74) is 2.26. The second kappa shape index (κ2) is 30.9. The molecule has 0 unspecified atom stereocenters. The van der Waals surface area contributed by atoms with Gasteiger partial charge in [0.1, 0.15) is 29.3 Å². The summed E-state index contributed by atoms with van der Waals surface area (Å²) in [6.45, 7) is 15.3. The van der Waals surface area contributed by atoms with Crippen molar-refractivity contribution in [2.75, 3.05) is 66.6 Å². The smallest absolute Gasteiger partial charge is 0.248 e. The van der Waals surface area contributed by atoms with Crippen molar-refractivity contribution < 1.29 is 38.2 Å². The largest absolute Gasteiger partial charge is 0.363 e. The first kappa shape index (κ1) is 59.5. The number of likely N-dealkylation sites (N-methyl/N-ethyl adjacent to an activating group) is 2. The van der Waals surface area contributed by atoms with Gasteiger partial charge in [-0.15, -0.1) is 0 Å². The van der Waals surface area contributed by atoms with Crippen LogP contribution in [0.15, 0.2) is 60.7 Å². The summed E-state index contributed by atoms with van der Waals surface area (Å²) in [5, 5.41) is 11.6. The summed E-state index contributed by atoms with van der Waals surface area (Å²) in [6.07, 6.45) is 2.85. The van der Waals surface area contributed by atoms with Crippen molar-refractivity contribution in [1.29, 1.82) is 0 Å². The standard InChI is InChI=1S/C55H79IN8O8/c1-38(2)52(67)61(32-28-43-22-14-12-15-23-43)36-45-26-20-30-63(45)54(69)47(59-50(65)40(5)57-8)41(6)71-34-18-10-11-19-35-72-42(7)48(60-51(66)49(56)58-9)55(70)64-31-21-27-46(64)37-62(53(68)39(3)4)33-29-44-24-16-13-17-25-44/h12-17,22-25,38-42,45-49,57-58H,20-21,26-37H2,1-9H3,(H,59,65)(H,60,66)/t40-,41+,42+,45-,46-,47-,48-,49+/m0/s1. The van der Waals surface area contributed by atoms with Gasteiger partial charge in [-0.1, -0.05) is 123 Å². The summed E-state index contributed by atoms with van der Waals surface area (Å²) < 4.78 is 11.5. The second-order valence-electron chi connectivity index (χ2n) is 19.3. The van der Waals surface area contributed by atoms with E-state index in [2.05, 4.69) is 44.9 Å². The molecule has 394 valence electrons. The van der Waals surface area contributed by atoms with Crippen LogP contribution in [0.2, 0.25) is 0 Å². The zero-order valence-corrected chi connectivity index (χ0v) is 46.0. The Labute approximate surface area is 442 Å². The topological polar surface area (TPSA) is 182 Å². The van der Waals surface area contributed by atoms with Gasteiger partial charge in [-0.25, -0.2) is 0 Å². The van der Waals surface area contributed by atoms with Crippen molar-refractivity contribution in [1.82, 2.24) is 40.9 Å². The Balaban J connectivity index is 1.39. The molecular formula is C55H79IN8O8. The number of carbonyl (C=O) groups is 6. The third-order valence-corrected chi connectivity index (χ3v) is 14.5. The molecule has 2 fully saturated rings. The number of rotatable bonds is 26. The Kier molecular flexibility index (Phi) is 25.5. The number of carbonyl (C=O) groups excluding carboxylic acids is 6. The van der Waals surface area contributed by atoms with Crippen LogP contribution in [-0.2, 0) is 51.1 Å². The maximum atomic E-state index is 14.4. The number of alkyl halides is 1. The number of ether oxygens (including phenoxy) is 2. The van der Waals surface area contributed by atoms with Gasteiger partial charge >= 0.3 is 0 Å². The maximum absolute atomic E-state index is 14.4. The van der Waals surface area contributed by atoms with Gasteiger partial charge in [0.05, 0.1) is 18.2 Å². The SMILES string of the molecule is CN[C@@H](C)C(=O)N[C@H](C(=O)N1CCC[C@H]1CN(CCc1ccccc1)C(=O)C(C)C)[C@@H](C)OCC#CC#CCO[C@H](C)[C@H](NC(=O)[C@H](I)NC)C(=O)N1CCC[C@H]1CN(CCc1ccccc1)C(=O)C(C)C. The number of likely N-dealkylation sites (tertiary alicyclic amines) is 2. The lowest BCUT2D eigenvalue weighted by Gasteiger charge is -2.35. The van der Waals surface area contributed by atoms with Gasteiger partial charge in [-0.2, -0.15) is 0 Å². The molecule has 2 aliphatic heterocycles.